The minimum atomic E-state index is -0.776. The lowest BCUT2D eigenvalue weighted by molar-refractivity contribution is -0.129. The third kappa shape index (κ3) is 5.53. The van der Waals surface area contributed by atoms with Crippen molar-refractivity contribution in [3.63, 3.8) is 0 Å². The standard InChI is InChI=1S/C24H30N4O5/c1-33-21-6-2-5-18-17(21)12-20(27-18)24(32)28-19(10-14-7-8-14)23(31)26-16(13-29)11-15-4-3-9-25-22(15)30/h2,5-6,12-16,19,27H,3-4,7-11H2,1H3,(H,25,30)(H,26,31)(H,28,32)/t15-,16-,19-/m0/s1. The minimum absolute atomic E-state index is 0.0839. The maximum atomic E-state index is 13.0. The molecule has 2 heterocycles. The lowest BCUT2D eigenvalue weighted by Gasteiger charge is -2.26. The molecule has 9 nitrogen and oxygen atoms in total. The highest BCUT2D eigenvalue weighted by atomic mass is 16.5. The Hall–Kier alpha value is -3.36. The van der Waals surface area contributed by atoms with Crippen LogP contribution in [0.1, 0.15) is 49.0 Å². The number of carbonyl (C=O) groups is 4. The van der Waals surface area contributed by atoms with Gasteiger partial charge in [0.05, 0.1) is 13.2 Å². The van der Waals surface area contributed by atoms with Gasteiger partial charge in [0.15, 0.2) is 0 Å². The number of piperidine rings is 1. The van der Waals surface area contributed by atoms with Crippen LogP contribution in [0.25, 0.3) is 10.9 Å². The van der Waals surface area contributed by atoms with Crippen LogP contribution in [-0.4, -0.2) is 54.7 Å². The Morgan fingerprint density at radius 2 is 2.03 bits per heavy atom. The second-order valence-electron chi connectivity index (χ2n) is 8.93. The van der Waals surface area contributed by atoms with Crippen molar-refractivity contribution < 1.29 is 23.9 Å². The quantitative estimate of drug-likeness (QED) is 0.406. The average molecular weight is 455 g/mol. The predicted molar refractivity (Wildman–Crippen MR) is 122 cm³/mol. The summed E-state index contributed by atoms with van der Waals surface area (Å²) in [5, 5.41) is 9.14. The van der Waals surface area contributed by atoms with E-state index >= 15 is 0 Å². The molecule has 0 spiro atoms. The third-order valence-electron chi connectivity index (χ3n) is 6.41. The Balaban J connectivity index is 1.43. The van der Waals surface area contributed by atoms with Crippen molar-refractivity contribution in [2.75, 3.05) is 13.7 Å². The molecule has 1 aliphatic heterocycles. The van der Waals surface area contributed by atoms with Gasteiger partial charge in [0.1, 0.15) is 23.8 Å². The maximum Gasteiger partial charge on any atom is 0.268 e. The van der Waals surface area contributed by atoms with E-state index in [1.807, 2.05) is 18.2 Å². The van der Waals surface area contributed by atoms with Crippen LogP contribution in [0.4, 0.5) is 0 Å². The summed E-state index contributed by atoms with van der Waals surface area (Å²) in [6.45, 7) is 0.641. The van der Waals surface area contributed by atoms with Gasteiger partial charge >= 0.3 is 0 Å². The van der Waals surface area contributed by atoms with Gasteiger partial charge in [0.2, 0.25) is 11.8 Å². The zero-order chi connectivity index (χ0) is 23.4. The van der Waals surface area contributed by atoms with E-state index in [0.29, 0.717) is 43.0 Å². The van der Waals surface area contributed by atoms with Gasteiger partial charge in [-0.05, 0) is 49.8 Å². The number of rotatable bonds is 10. The summed E-state index contributed by atoms with van der Waals surface area (Å²) in [4.78, 5) is 52.7. The predicted octanol–water partition coefficient (Wildman–Crippen LogP) is 1.68. The molecule has 176 valence electrons. The average Bonchev–Trinajstić information content (AvgIpc) is 3.53. The number of aldehydes is 1. The molecule has 0 bridgehead atoms. The topological polar surface area (TPSA) is 129 Å². The van der Waals surface area contributed by atoms with E-state index in [0.717, 1.165) is 30.2 Å². The van der Waals surface area contributed by atoms with E-state index in [-0.39, 0.29) is 18.2 Å². The molecule has 2 aromatic rings. The van der Waals surface area contributed by atoms with Gasteiger partial charge in [-0.2, -0.15) is 0 Å². The maximum absolute atomic E-state index is 13.0. The molecule has 1 saturated carbocycles. The summed E-state index contributed by atoms with van der Waals surface area (Å²) >= 11 is 0. The van der Waals surface area contributed by atoms with Crippen molar-refractivity contribution in [3.8, 4) is 5.75 Å². The molecule has 1 saturated heterocycles. The molecule has 9 heteroatoms. The molecule has 4 rings (SSSR count). The molecular formula is C24H30N4O5. The van der Waals surface area contributed by atoms with Crippen LogP contribution < -0.4 is 20.7 Å². The lowest BCUT2D eigenvalue weighted by atomic mass is 9.92. The number of aromatic nitrogens is 1. The summed E-state index contributed by atoms with van der Waals surface area (Å²) in [5.41, 5.74) is 1.09. The Bertz CT molecular complexity index is 1040. The fraction of sp³-hybridized carbons (Fsp3) is 0.500. The van der Waals surface area contributed by atoms with Crippen LogP contribution in [0.15, 0.2) is 24.3 Å². The van der Waals surface area contributed by atoms with Crippen molar-refractivity contribution in [3.05, 3.63) is 30.0 Å². The van der Waals surface area contributed by atoms with E-state index in [9.17, 15) is 19.2 Å². The van der Waals surface area contributed by atoms with E-state index in [2.05, 4.69) is 20.9 Å². The van der Waals surface area contributed by atoms with Crippen LogP contribution in [-0.2, 0) is 14.4 Å². The van der Waals surface area contributed by atoms with Gasteiger partial charge in [-0.1, -0.05) is 18.9 Å². The molecule has 1 aromatic carbocycles. The number of benzene rings is 1. The highest BCUT2D eigenvalue weighted by Crippen LogP contribution is 2.34. The number of hydrogen-bond donors (Lipinski definition) is 4. The zero-order valence-corrected chi connectivity index (χ0v) is 18.7. The van der Waals surface area contributed by atoms with Gasteiger partial charge in [-0.25, -0.2) is 0 Å². The fourth-order valence-corrected chi connectivity index (χ4v) is 4.38. The summed E-state index contributed by atoms with van der Waals surface area (Å²) in [7, 11) is 1.57. The highest BCUT2D eigenvalue weighted by molar-refractivity contribution is 6.01. The summed E-state index contributed by atoms with van der Waals surface area (Å²) < 4.78 is 5.35. The van der Waals surface area contributed by atoms with E-state index in [1.54, 1.807) is 13.2 Å². The number of methoxy groups -OCH3 is 1. The Morgan fingerprint density at radius 1 is 1.21 bits per heavy atom. The molecule has 4 N–H and O–H groups in total. The first-order valence-corrected chi connectivity index (χ1v) is 11.5. The van der Waals surface area contributed by atoms with Gasteiger partial charge in [-0.15, -0.1) is 0 Å². The van der Waals surface area contributed by atoms with Crippen molar-refractivity contribution in [1.82, 2.24) is 20.9 Å². The summed E-state index contributed by atoms with van der Waals surface area (Å²) in [5.74, 6) is -0.162. The van der Waals surface area contributed by atoms with Crippen LogP contribution in [0.2, 0.25) is 0 Å². The Labute approximate surface area is 192 Å². The molecule has 3 atom stereocenters. The van der Waals surface area contributed by atoms with Crippen LogP contribution in [0.5, 0.6) is 5.75 Å². The second-order valence-corrected chi connectivity index (χ2v) is 8.93. The molecule has 1 aliphatic carbocycles. The SMILES string of the molecule is COc1cccc2[nH]c(C(=O)N[C@@H](CC3CC3)C(=O)N[C@H](C=O)C[C@@H]3CCCNC3=O)cc12. The van der Waals surface area contributed by atoms with Crippen LogP contribution >= 0.6 is 0 Å². The lowest BCUT2D eigenvalue weighted by Crippen LogP contribution is -2.51. The smallest absolute Gasteiger partial charge is 0.268 e. The largest absolute Gasteiger partial charge is 0.496 e. The van der Waals surface area contributed by atoms with Crippen LogP contribution in [0.3, 0.4) is 0 Å². The second kappa shape index (κ2) is 10.1. The van der Waals surface area contributed by atoms with Crippen molar-refractivity contribution in [2.24, 2.45) is 11.8 Å². The van der Waals surface area contributed by atoms with Gasteiger partial charge < -0.3 is 30.5 Å². The molecule has 2 aliphatic rings. The normalized spacial score (nSPS) is 19.9. The van der Waals surface area contributed by atoms with Crippen molar-refractivity contribution in [2.45, 2.75) is 50.6 Å². The van der Waals surface area contributed by atoms with E-state index < -0.39 is 23.9 Å². The number of nitrogens with one attached hydrogen (secondary N) is 4. The molecule has 0 unspecified atom stereocenters. The number of fused-ring (bicyclic) bond motifs is 1. The molecule has 33 heavy (non-hydrogen) atoms. The zero-order valence-electron chi connectivity index (χ0n) is 18.7. The summed E-state index contributed by atoms with van der Waals surface area (Å²) in [6, 6.07) is 5.65. The van der Waals surface area contributed by atoms with Crippen molar-refractivity contribution >= 4 is 34.9 Å². The number of amides is 3. The van der Waals surface area contributed by atoms with Crippen molar-refractivity contribution in [1.29, 1.82) is 0 Å². The van der Waals surface area contributed by atoms with E-state index in [1.165, 1.54) is 0 Å². The fourth-order valence-electron chi connectivity index (χ4n) is 4.38. The molecule has 1 aromatic heterocycles. The first-order chi connectivity index (χ1) is 16.0. The van der Waals surface area contributed by atoms with Gasteiger partial charge in [0, 0.05) is 23.4 Å². The number of hydrogen-bond acceptors (Lipinski definition) is 5. The number of aromatic amines is 1. The molecule has 3 amide bonds. The third-order valence-corrected chi connectivity index (χ3v) is 6.41. The highest BCUT2D eigenvalue weighted by Gasteiger charge is 2.33. The van der Waals surface area contributed by atoms with Gasteiger partial charge in [0.25, 0.3) is 5.91 Å². The number of ether oxygens (including phenoxy) is 1. The number of H-pyrrole nitrogens is 1. The number of carbonyl (C=O) groups excluding carboxylic acids is 4. The first-order valence-electron chi connectivity index (χ1n) is 11.5. The van der Waals surface area contributed by atoms with E-state index in [4.69, 9.17) is 4.74 Å². The van der Waals surface area contributed by atoms with Crippen LogP contribution in [0, 0.1) is 11.8 Å². The van der Waals surface area contributed by atoms with Gasteiger partial charge in [-0.3, -0.25) is 14.4 Å². The molecule has 0 radical (unpaired) electrons. The Kier molecular flexibility index (Phi) is 6.96. The Morgan fingerprint density at radius 3 is 2.73 bits per heavy atom. The first kappa shape index (κ1) is 22.8. The minimum Gasteiger partial charge on any atom is -0.496 e. The monoisotopic (exact) mass is 454 g/mol. The molecule has 2 fully saturated rings. The summed E-state index contributed by atoms with van der Waals surface area (Å²) in [6.07, 6.45) is 5.01. The molecular weight excluding hydrogens is 424 g/mol.